The van der Waals surface area contributed by atoms with Crippen LogP contribution in [0.4, 0.5) is 4.39 Å². The van der Waals surface area contributed by atoms with Gasteiger partial charge in [0.15, 0.2) is 6.10 Å². The second-order valence-corrected chi connectivity index (χ2v) is 7.23. The first-order valence-electron chi connectivity index (χ1n) is 7.67. The van der Waals surface area contributed by atoms with Crippen LogP contribution >= 0.6 is 35.0 Å². The van der Waals surface area contributed by atoms with Gasteiger partial charge in [0.2, 0.25) is 0 Å². The fraction of sp³-hybridized carbons (Fsp3) is 0.278. The first kappa shape index (κ1) is 19.9. The Morgan fingerprint density at radius 3 is 2.60 bits per heavy atom. The molecule has 2 aromatic carbocycles. The maximum atomic E-state index is 12.8. The van der Waals surface area contributed by atoms with E-state index in [0.717, 1.165) is 17.1 Å². The second-order valence-electron chi connectivity index (χ2n) is 5.31. The zero-order chi connectivity index (χ0) is 18.2. The molecule has 134 valence electrons. The summed E-state index contributed by atoms with van der Waals surface area (Å²) in [6, 6.07) is 11.1. The Labute approximate surface area is 160 Å². The van der Waals surface area contributed by atoms with Crippen LogP contribution < -0.4 is 10.1 Å². The van der Waals surface area contributed by atoms with E-state index < -0.39 is 6.10 Å². The highest BCUT2D eigenvalue weighted by Gasteiger charge is 2.13. The number of benzene rings is 2. The molecule has 0 spiro atoms. The molecule has 7 heteroatoms. The maximum Gasteiger partial charge on any atom is 0.260 e. The van der Waals surface area contributed by atoms with Gasteiger partial charge in [0.1, 0.15) is 11.6 Å². The van der Waals surface area contributed by atoms with Crippen molar-refractivity contribution in [3.63, 3.8) is 0 Å². The lowest BCUT2D eigenvalue weighted by molar-refractivity contribution is -0.127. The van der Waals surface area contributed by atoms with Crippen molar-refractivity contribution in [1.29, 1.82) is 0 Å². The van der Waals surface area contributed by atoms with Crippen LogP contribution in [-0.4, -0.2) is 24.3 Å². The van der Waals surface area contributed by atoms with E-state index in [9.17, 15) is 9.18 Å². The first-order valence-corrected chi connectivity index (χ1v) is 9.58. The summed E-state index contributed by atoms with van der Waals surface area (Å²) in [4.78, 5) is 12.0. The zero-order valence-electron chi connectivity index (χ0n) is 13.6. The van der Waals surface area contributed by atoms with Gasteiger partial charge in [0.25, 0.3) is 5.91 Å². The molecule has 0 saturated heterocycles. The van der Waals surface area contributed by atoms with Gasteiger partial charge < -0.3 is 10.1 Å². The number of hydrogen-bond donors (Lipinski definition) is 1. The standard InChI is InChI=1S/C18H18Cl2FNO2S/c1-12(24-15-5-3-14(21)4-6-15)18(23)22-8-9-25-11-13-2-7-16(19)17(20)10-13/h2-7,10,12H,8-9,11H2,1H3,(H,22,23)/t12-/m1/s1. The quantitative estimate of drug-likeness (QED) is 0.635. The van der Waals surface area contributed by atoms with Crippen LogP contribution in [0.1, 0.15) is 12.5 Å². The van der Waals surface area contributed by atoms with Crippen molar-refractivity contribution in [2.45, 2.75) is 18.8 Å². The normalized spacial score (nSPS) is 11.8. The molecular formula is C18H18Cl2FNO2S. The van der Waals surface area contributed by atoms with Crippen LogP contribution in [0.5, 0.6) is 5.75 Å². The van der Waals surface area contributed by atoms with Gasteiger partial charge in [-0.3, -0.25) is 4.79 Å². The van der Waals surface area contributed by atoms with Gasteiger partial charge in [-0.2, -0.15) is 11.8 Å². The molecule has 0 fully saturated rings. The summed E-state index contributed by atoms with van der Waals surface area (Å²) in [5.41, 5.74) is 1.08. The van der Waals surface area contributed by atoms with Crippen molar-refractivity contribution in [2.75, 3.05) is 12.3 Å². The minimum absolute atomic E-state index is 0.209. The molecule has 0 aliphatic rings. The lowest BCUT2D eigenvalue weighted by Gasteiger charge is -2.14. The molecule has 3 nitrogen and oxygen atoms in total. The summed E-state index contributed by atoms with van der Waals surface area (Å²) >= 11 is 13.5. The number of hydrogen-bond acceptors (Lipinski definition) is 3. The highest BCUT2D eigenvalue weighted by molar-refractivity contribution is 7.98. The van der Waals surface area contributed by atoms with E-state index in [4.69, 9.17) is 27.9 Å². The topological polar surface area (TPSA) is 38.3 Å². The number of rotatable bonds is 8. The van der Waals surface area contributed by atoms with Gasteiger partial charge in [-0.25, -0.2) is 4.39 Å². The van der Waals surface area contributed by atoms with Crippen molar-refractivity contribution in [2.24, 2.45) is 0 Å². The highest BCUT2D eigenvalue weighted by Crippen LogP contribution is 2.24. The van der Waals surface area contributed by atoms with Crippen LogP contribution in [-0.2, 0) is 10.5 Å². The van der Waals surface area contributed by atoms with E-state index in [-0.39, 0.29) is 11.7 Å². The third kappa shape index (κ3) is 6.77. The van der Waals surface area contributed by atoms with E-state index in [1.54, 1.807) is 24.8 Å². The average molecular weight is 402 g/mol. The highest BCUT2D eigenvalue weighted by atomic mass is 35.5. The summed E-state index contributed by atoms with van der Waals surface area (Å²) in [5, 5.41) is 3.90. The molecule has 0 heterocycles. The van der Waals surface area contributed by atoms with Crippen LogP contribution in [0.2, 0.25) is 10.0 Å². The molecule has 0 bridgehead atoms. The number of amides is 1. The van der Waals surface area contributed by atoms with Gasteiger partial charge >= 0.3 is 0 Å². The zero-order valence-corrected chi connectivity index (χ0v) is 15.9. The third-order valence-electron chi connectivity index (χ3n) is 3.29. The Kier molecular flexibility index (Phi) is 7.88. The first-order chi connectivity index (χ1) is 12.0. The lowest BCUT2D eigenvalue weighted by atomic mass is 10.2. The van der Waals surface area contributed by atoms with Crippen LogP contribution in [0.25, 0.3) is 0 Å². The van der Waals surface area contributed by atoms with Gasteiger partial charge in [0, 0.05) is 18.1 Å². The average Bonchev–Trinajstić information content (AvgIpc) is 2.59. The van der Waals surface area contributed by atoms with Gasteiger partial charge in [-0.05, 0) is 48.9 Å². The number of thioether (sulfide) groups is 1. The van der Waals surface area contributed by atoms with Crippen LogP contribution in [0.3, 0.4) is 0 Å². The molecule has 0 unspecified atom stereocenters. The Balaban J connectivity index is 1.65. The Morgan fingerprint density at radius 2 is 1.92 bits per heavy atom. The summed E-state index contributed by atoms with van der Waals surface area (Å²) in [6.45, 7) is 2.18. The fourth-order valence-corrected chi connectivity index (χ4v) is 3.11. The molecule has 0 aliphatic carbocycles. The predicted octanol–water partition coefficient (Wildman–Crippen LogP) is 4.95. The van der Waals surface area contributed by atoms with Crippen molar-refractivity contribution in [3.8, 4) is 5.75 Å². The largest absolute Gasteiger partial charge is 0.481 e. The number of carbonyl (C=O) groups excluding carboxylic acids is 1. The minimum Gasteiger partial charge on any atom is -0.481 e. The number of nitrogens with one attached hydrogen (secondary N) is 1. The van der Waals surface area contributed by atoms with E-state index in [1.807, 2.05) is 12.1 Å². The van der Waals surface area contributed by atoms with Gasteiger partial charge in [-0.15, -0.1) is 0 Å². The van der Waals surface area contributed by atoms with Gasteiger partial charge in [0.05, 0.1) is 10.0 Å². The Bertz CT molecular complexity index is 713. The number of ether oxygens (including phenoxy) is 1. The van der Waals surface area contributed by atoms with E-state index in [1.165, 1.54) is 24.3 Å². The molecule has 2 aromatic rings. The monoisotopic (exact) mass is 401 g/mol. The smallest absolute Gasteiger partial charge is 0.260 e. The van der Waals surface area contributed by atoms with Crippen molar-refractivity contribution in [3.05, 3.63) is 63.9 Å². The second kappa shape index (κ2) is 9.90. The Morgan fingerprint density at radius 1 is 1.20 bits per heavy atom. The van der Waals surface area contributed by atoms with Crippen molar-refractivity contribution < 1.29 is 13.9 Å². The summed E-state index contributed by atoms with van der Waals surface area (Å²) in [7, 11) is 0. The van der Waals surface area contributed by atoms with Crippen molar-refractivity contribution in [1.82, 2.24) is 5.32 Å². The molecule has 1 atom stereocenters. The third-order valence-corrected chi connectivity index (χ3v) is 5.06. The lowest BCUT2D eigenvalue weighted by Crippen LogP contribution is -2.37. The fourth-order valence-electron chi connectivity index (χ4n) is 1.98. The molecule has 0 aliphatic heterocycles. The van der Waals surface area contributed by atoms with E-state index >= 15 is 0 Å². The van der Waals surface area contributed by atoms with E-state index in [2.05, 4.69) is 5.32 Å². The summed E-state index contributed by atoms with van der Waals surface area (Å²) in [6.07, 6.45) is -0.648. The molecule has 25 heavy (non-hydrogen) atoms. The number of carbonyl (C=O) groups is 1. The molecule has 0 radical (unpaired) electrons. The number of halogens is 3. The van der Waals surface area contributed by atoms with Gasteiger partial charge in [-0.1, -0.05) is 29.3 Å². The van der Waals surface area contributed by atoms with E-state index in [0.29, 0.717) is 22.3 Å². The predicted molar refractivity (Wildman–Crippen MR) is 102 cm³/mol. The van der Waals surface area contributed by atoms with Crippen LogP contribution in [0.15, 0.2) is 42.5 Å². The molecule has 2 rings (SSSR count). The molecule has 0 saturated carbocycles. The molecule has 0 aromatic heterocycles. The molecular weight excluding hydrogens is 384 g/mol. The van der Waals surface area contributed by atoms with Crippen LogP contribution in [0, 0.1) is 5.82 Å². The minimum atomic E-state index is -0.648. The Hall–Kier alpha value is -1.43. The summed E-state index contributed by atoms with van der Waals surface area (Å²) < 4.78 is 18.3. The maximum absolute atomic E-state index is 12.8. The summed E-state index contributed by atoms with van der Waals surface area (Å²) in [5.74, 6) is 1.45. The molecule has 1 amide bonds. The molecule has 1 N–H and O–H groups in total. The van der Waals surface area contributed by atoms with Crippen molar-refractivity contribution >= 4 is 40.9 Å². The SMILES string of the molecule is C[C@@H](Oc1ccc(F)cc1)C(=O)NCCSCc1ccc(Cl)c(Cl)c1.